The smallest absolute Gasteiger partial charge is 0.255 e. The minimum atomic E-state index is -0.214. The van der Waals surface area contributed by atoms with Gasteiger partial charge in [-0.05, 0) is 61.0 Å². The molecule has 7 heteroatoms. The molecule has 0 bridgehead atoms. The fraction of sp³-hybridized carbons (Fsp3) is 0.125. The Morgan fingerprint density at radius 3 is 2.61 bits per heavy atom. The monoisotopic (exact) mass is 432 g/mol. The van der Waals surface area contributed by atoms with E-state index in [2.05, 4.69) is 15.3 Å². The summed E-state index contributed by atoms with van der Waals surface area (Å²) in [5, 5.41) is 3.55. The van der Waals surface area contributed by atoms with Gasteiger partial charge in [-0.3, -0.25) is 9.78 Å². The number of rotatable bonds is 6. The molecule has 4 rings (SSSR count). The highest BCUT2D eigenvalue weighted by Gasteiger charge is 2.13. The summed E-state index contributed by atoms with van der Waals surface area (Å²) in [5.41, 5.74) is 4.43. The zero-order valence-corrected chi connectivity index (χ0v) is 17.9. The van der Waals surface area contributed by atoms with E-state index in [0.717, 1.165) is 22.5 Å². The fourth-order valence-electron chi connectivity index (χ4n) is 3.09. The molecule has 156 valence electrons. The number of hydrogen-bond donors (Lipinski definition) is 1. The quantitative estimate of drug-likeness (QED) is 0.450. The molecule has 4 aromatic rings. The summed E-state index contributed by atoms with van der Waals surface area (Å²) in [4.78, 5) is 21.4. The van der Waals surface area contributed by atoms with Crippen molar-refractivity contribution in [3.05, 3.63) is 95.2 Å². The number of nitrogens with zero attached hydrogens (tertiary/aromatic N) is 3. The number of imidazole rings is 1. The number of halogens is 1. The lowest BCUT2D eigenvalue weighted by Gasteiger charge is -2.12. The molecule has 0 atom stereocenters. The number of ether oxygens (including phenoxy) is 1. The van der Waals surface area contributed by atoms with Gasteiger partial charge in [-0.1, -0.05) is 17.7 Å². The summed E-state index contributed by atoms with van der Waals surface area (Å²) in [6, 6.07) is 16.4. The number of nitrogens with one attached hydrogen (secondary N) is 1. The molecule has 0 spiro atoms. The molecule has 0 saturated heterocycles. The second-order valence-electron chi connectivity index (χ2n) is 7.16. The summed E-state index contributed by atoms with van der Waals surface area (Å²) in [6.45, 7) is 2.27. The predicted molar refractivity (Wildman–Crippen MR) is 121 cm³/mol. The van der Waals surface area contributed by atoms with Crippen LogP contribution in [-0.2, 0) is 13.7 Å². The third kappa shape index (κ3) is 4.92. The number of hydrogen-bond acceptors (Lipinski definition) is 4. The normalized spacial score (nSPS) is 10.7. The van der Waals surface area contributed by atoms with E-state index in [4.69, 9.17) is 16.3 Å². The highest BCUT2D eigenvalue weighted by molar-refractivity contribution is 6.33. The van der Waals surface area contributed by atoms with Crippen LogP contribution < -0.4 is 10.1 Å². The van der Waals surface area contributed by atoms with Crippen LogP contribution in [0.25, 0.3) is 11.3 Å². The Morgan fingerprint density at radius 2 is 1.94 bits per heavy atom. The van der Waals surface area contributed by atoms with Crippen LogP contribution in [0.1, 0.15) is 21.6 Å². The molecule has 0 radical (unpaired) electrons. The first-order valence-corrected chi connectivity index (χ1v) is 10.1. The number of pyridine rings is 1. The van der Waals surface area contributed by atoms with E-state index >= 15 is 0 Å². The lowest BCUT2D eigenvalue weighted by molar-refractivity contribution is 0.102. The van der Waals surface area contributed by atoms with Crippen LogP contribution in [0.5, 0.6) is 5.75 Å². The van der Waals surface area contributed by atoms with Crippen molar-refractivity contribution in [2.24, 2.45) is 7.05 Å². The lowest BCUT2D eigenvalue weighted by atomic mass is 10.1. The molecule has 1 N–H and O–H groups in total. The molecular formula is C24H21ClN4O2. The largest absolute Gasteiger partial charge is 0.487 e. The fourth-order valence-corrected chi connectivity index (χ4v) is 3.41. The maximum atomic E-state index is 12.8. The number of amides is 1. The van der Waals surface area contributed by atoms with Gasteiger partial charge in [0.2, 0.25) is 0 Å². The molecule has 31 heavy (non-hydrogen) atoms. The molecule has 0 aliphatic rings. The minimum absolute atomic E-state index is 0.214. The highest BCUT2D eigenvalue weighted by Crippen LogP contribution is 2.32. The topological polar surface area (TPSA) is 69.0 Å². The molecule has 0 aliphatic carbocycles. The second kappa shape index (κ2) is 9.02. The molecule has 6 nitrogen and oxygen atoms in total. The van der Waals surface area contributed by atoms with Gasteiger partial charge in [0, 0.05) is 36.3 Å². The molecule has 1 amide bonds. The van der Waals surface area contributed by atoms with Gasteiger partial charge < -0.3 is 14.6 Å². The van der Waals surface area contributed by atoms with Crippen LogP contribution in [0.3, 0.4) is 0 Å². The minimum Gasteiger partial charge on any atom is -0.487 e. The van der Waals surface area contributed by atoms with E-state index in [-0.39, 0.29) is 5.91 Å². The van der Waals surface area contributed by atoms with Gasteiger partial charge in [-0.25, -0.2) is 4.98 Å². The van der Waals surface area contributed by atoms with Crippen LogP contribution in [-0.4, -0.2) is 20.4 Å². The van der Waals surface area contributed by atoms with Crippen molar-refractivity contribution in [3.63, 3.8) is 0 Å². The Morgan fingerprint density at radius 1 is 1.13 bits per heavy atom. The highest BCUT2D eigenvalue weighted by atomic mass is 35.5. The first-order valence-electron chi connectivity index (χ1n) is 9.72. The van der Waals surface area contributed by atoms with E-state index in [0.29, 0.717) is 28.6 Å². The Balaban J connectivity index is 1.46. The first-order chi connectivity index (χ1) is 15.0. The average molecular weight is 433 g/mol. The number of carbonyl (C=O) groups excluding carboxylic acids is 1. The van der Waals surface area contributed by atoms with Crippen LogP contribution in [0.2, 0.25) is 5.02 Å². The number of carbonyl (C=O) groups is 1. The zero-order valence-electron chi connectivity index (χ0n) is 17.2. The molecule has 0 unspecified atom stereocenters. The summed E-state index contributed by atoms with van der Waals surface area (Å²) in [5.74, 6) is 0.455. The average Bonchev–Trinajstić information content (AvgIpc) is 3.21. The van der Waals surface area contributed by atoms with Crippen molar-refractivity contribution in [2.45, 2.75) is 13.5 Å². The van der Waals surface area contributed by atoms with Gasteiger partial charge in [0.15, 0.2) is 0 Å². The Hall–Kier alpha value is -3.64. The third-order valence-corrected chi connectivity index (χ3v) is 5.09. The predicted octanol–water partition coefficient (Wildman–Crippen LogP) is 5.28. The molecular weight excluding hydrogens is 412 g/mol. The molecule has 2 aromatic heterocycles. The summed E-state index contributed by atoms with van der Waals surface area (Å²) in [7, 11) is 1.89. The summed E-state index contributed by atoms with van der Waals surface area (Å²) >= 11 is 6.41. The summed E-state index contributed by atoms with van der Waals surface area (Å²) < 4.78 is 7.57. The Labute approximate surface area is 185 Å². The van der Waals surface area contributed by atoms with Crippen molar-refractivity contribution in [3.8, 4) is 17.0 Å². The Kier molecular flexibility index (Phi) is 6.00. The van der Waals surface area contributed by atoms with Crippen LogP contribution >= 0.6 is 11.6 Å². The summed E-state index contributed by atoms with van der Waals surface area (Å²) in [6.07, 6.45) is 5.32. The van der Waals surface area contributed by atoms with Gasteiger partial charge >= 0.3 is 0 Å². The van der Waals surface area contributed by atoms with E-state index in [1.165, 1.54) is 0 Å². The lowest BCUT2D eigenvalue weighted by Crippen LogP contribution is -2.13. The zero-order chi connectivity index (χ0) is 21.8. The van der Waals surface area contributed by atoms with Gasteiger partial charge in [0.25, 0.3) is 5.91 Å². The maximum absolute atomic E-state index is 12.8. The molecule has 0 fully saturated rings. The number of aryl methyl sites for hydroxylation is 2. The molecule has 2 heterocycles. The van der Waals surface area contributed by atoms with E-state index in [1.54, 1.807) is 36.8 Å². The molecule has 0 aliphatic heterocycles. The van der Waals surface area contributed by atoms with Crippen molar-refractivity contribution in [2.75, 3.05) is 5.32 Å². The van der Waals surface area contributed by atoms with Crippen molar-refractivity contribution in [1.82, 2.24) is 14.5 Å². The second-order valence-corrected chi connectivity index (χ2v) is 7.57. The van der Waals surface area contributed by atoms with Crippen LogP contribution in [0.15, 0.2) is 73.3 Å². The SMILES string of the molecule is Cc1cc(Cl)c(-c2cn(C)cn2)cc1NC(=O)c1ccc(OCc2ccccn2)cc1. The molecule has 0 saturated carbocycles. The van der Waals surface area contributed by atoms with Gasteiger partial charge in [-0.15, -0.1) is 0 Å². The van der Waals surface area contributed by atoms with Crippen molar-refractivity contribution < 1.29 is 9.53 Å². The number of aromatic nitrogens is 3. The van der Waals surface area contributed by atoms with Gasteiger partial charge in [-0.2, -0.15) is 0 Å². The van der Waals surface area contributed by atoms with Crippen LogP contribution in [0, 0.1) is 6.92 Å². The number of anilines is 1. The van der Waals surface area contributed by atoms with E-state index in [9.17, 15) is 4.79 Å². The third-order valence-electron chi connectivity index (χ3n) is 4.77. The van der Waals surface area contributed by atoms with Crippen LogP contribution in [0.4, 0.5) is 5.69 Å². The standard InChI is InChI=1S/C24H21ClN4O2/c1-16-11-21(25)20(23-13-29(2)15-27-23)12-22(16)28-24(30)17-6-8-19(9-7-17)31-14-18-5-3-4-10-26-18/h3-13,15H,14H2,1-2H3,(H,28,30). The van der Waals surface area contributed by atoms with Crippen molar-refractivity contribution in [1.29, 1.82) is 0 Å². The van der Waals surface area contributed by atoms with Gasteiger partial charge in [0.1, 0.15) is 12.4 Å². The van der Waals surface area contributed by atoms with E-state index < -0.39 is 0 Å². The number of benzene rings is 2. The Bertz CT molecular complexity index is 1200. The maximum Gasteiger partial charge on any atom is 0.255 e. The molecule has 2 aromatic carbocycles. The van der Waals surface area contributed by atoms with Crippen molar-refractivity contribution >= 4 is 23.2 Å². The van der Waals surface area contributed by atoms with Gasteiger partial charge in [0.05, 0.1) is 22.7 Å². The first kappa shape index (κ1) is 20.6. The van der Waals surface area contributed by atoms with E-state index in [1.807, 2.05) is 55.1 Å².